The highest BCUT2D eigenvalue weighted by atomic mass is 32.1. The number of esters is 1. The van der Waals surface area contributed by atoms with E-state index in [1.165, 1.54) is 11.1 Å². The monoisotopic (exact) mass is 305 g/mol. The highest BCUT2D eigenvalue weighted by Crippen LogP contribution is 2.25. The summed E-state index contributed by atoms with van der Waals surface area (Å²) in [4.78, 5) is 21.5. The van der Waals surface area contributed by atoms with Gasteiger partial charge in [0.25, 0.3) is 0 Å². The maximum Gasteiger partial charge on any atom is 0.341 e. The van der Waals surface area contributed by atoms with Crippen LogP contribution in [0.4, 0.5) is 5.95 Å². The average Bonchev–Trinajstić information content (AvgIpc) is 2.99. The van der Waals surface area contributed by atoms with Gasteiger partial charge in [0.2, 0.25) is 5.95 Å². The Hall–Kier alpha value is -1.95. The van der Waals surface area contributed by atoms with Gasteiger partial charge in [-0.1, -0.05) is 13.0 Å². The van der Waals surface area contributed by atoms with Crippen LogP contribution >= 0.6 is 11.3 Å². The highest BCUT2D eigenvalue weighted by molar-refractivity contribution is 7.10. The lowest BCUT2D eigenvalue weighted by Crippen LogP contribution is -2.14. The van der Waals surface area contributed by atoms with Crippen LogP contribution in [0.15, 0.2) is 23.7 Å². The summed E-state index contributed by atoms with van der Waals surface area (Å²) in [6.45, 7) is 6.01. The number of aromatic nitrogens is 2. The number of carbonyl (C=O) groups is 1. The molecule has 0 spiro atoms. The van der Waals surface area contributed by atoms with Gasteiger partial charge in [-0.25, -0.2) is 14.8 Å². The molecule has 2 rings (SSSR count). The molecule has 2 heterocycles. The molecule has 5 nitrogen and oxygen atoms in total. The summed E-state index contributed by atoms with van der Waals surface area (Å²) < 4.78 is 4.97. The number of rotatable bonds is 6. The molecule has 0 radical (unpaired) electrons. The number of anilines is 1. The van der Waals surface area contributed by atoms with Crippen LogP contribution in [-0.2, 0) is 4.74 Å². The predicted molar refractivity (Wildman–Crippen MR) is 83.7 cm³/mol. The number of hydrogen-bond acceptors (Lipinski definition) is 6. The van der Waals surface area contributed by atoms with E-state index in [4.69, 9.17) is 4.74 Å². The molecular formula is C15H19N3O2S. The normalized spacial score (nSPS) is 12.0. The maximum atomic E-state index is 11.7. The van der Waals surface area contributed by atoms with E-state index >= 15 is 0 Å². The quantitative estimate of drug-likeness (QED) is 0.826. The Morgan fingerprint density at radius 1 is 1.48 bits per heavy atom. The van der Waals surface area contributed by atoms with Crippen molar-refractivity contribution >= 4 is 23.3 Å². The van der Waals surface area contributed by atoms with Crippen LogP contribution in [0.1, 0.15) is 47.2 Å². The molecule has 2 aromatic heterocycles. The fourth-order valence-electron chi connectivity index (χ4n) is 1.97. The van der Waals surface area contributed by atoms with Gasteiger partial charge in [0.15, 0.2) is 0 Å². The Kier molecular flexibility index (Phi) is 5.27. The van der Waals surface area contributed by atoms with E-state index in [2.05, 4.69) is 33.7 Å². The minimum Gasteiger partial charge on any atom is -0.462 e. The molecule has 0 aromatic carbocycles. The van der Waals surface area contributed by atoms with Crippen molar-refractivity contribution in [1.82, 2.24) is 9.97 Å². The van der Waals surface area contributed by atoms with E-state index in [1.54, 1.807) is 25.2 Å². The number of nitrogens with zero attached hydrogens (tertiary/aromatic N) is 2. The standard InChI is InChI=1S/C15H19N3O2S/c1-4-12(13-7-6-8-21-13)18-15-16-9-11(10(3)17-15)14(19)20-5-2/h6-9,12H,4-5H2,1-3H3,(H,16,17,18). The first-order valence-electron chi connectivity index (χ1n) is 6.96. The molecule has 0 bridgehead atoms. The van der Waals surface area contributed by atoms with E-state index < -0.39 is 0 Å². The zero-order chi connectivity index (χ0) is 15.2. The van der Waals surface area contributed by atoms with Crippen LogP contribution in [0.3, 0.4) is 0 Å². The van der Waals surface area contributed by atoms with Crippen molar-refractivity contribution in [3.8, 4) is 0 Å². The van der Waals surface area contributed by atoms with Gasteiger partial charge in [-0.2, -0.15) is 0 Å². The first-order valence-corrected chi connectivity index (χ1v) is 7.84. The Bertz CT molecular complexity index is 599. The van der Waals surface area contributed by atoms with E-state index in [9.17, 15) is 4.79 Å². The second-order valence-corrected chi connectivity index (χ2v) is 5.51. The summed E-state index contributed by atoms with van der Waals surface area (Å²) in [6, 6.07) is 4.30. The minimum atomic E-state index is -0.383. The molecule has 112 valence electrons. The summed E-state index contributed by atoms with van der Waals surface area (Å²) >= 11 is 1.70. The molecule has 0 amide bonds. The first kappa shape index (κ1) is 15.4. The molecule has 2 aromatic rings. The number of hydrogen-bond donors (Lipinski definition) is 1. The lowest BCUT2D eigenvalue weighted by Gasteiger charge is -2.16. The number of nitrogens with one attached hydrogen (secondary N) is 1. The van der Waals surface area contributed by atoms with Crippen LogP contribution in [0.25, 0.3) is 0 Å². The lowest BCUT2D eigenvalue weighted by atomic mass is 10.2. The summed E-state index contributed by atoms with van der Waals surface area (Å²) in [5, 5.41) is 5.36. The van der Waals surface area contributed by atoms with Crippen LogP contribution in [-0.4, -0.2) is 22.5 Å². The third-order valence-electron chi connectivity index (χ3n) is 3.07. The molecule has 0 aliphatic carbocycles. The van der Waals surface area contributed by atoms with Crippen molar-refractivity contribution < 1.29 is 9.53 Å². The summed E-state index contributed by atoms with van der Waals surface area (Å²) in [6.07, 6.45) is 2.45. The molecule has 1 unspecified atom stereocenters. The molecule has 0 fully saturated rings. The topological polar surface area (TPSA) is 64.1 Å². The van der Waals surface area contributed by atoms with Crippen molar-refractivity contribution in [3.05, 3.63) is 39.8 Å². The van der Waals surface area contributed by atoms with E-state index in [0.29, 0.717) is 23.8 Å². The lowest BCUT2D eigenvalue weighted by molar-refractivity contribution is 0.0524. The van der Waals surface area contributed by atoms with Crippen LogP contribution in [0.5, 0.6) is 0 Å². The average molecular weight is 305 g/mol. The fourth-order valence-corrected chi connectivity index (χ4v) is 2.83. The highest BCUT2D eigenvalue weighted by Gasteiger charge is 2.15. The molecule has 6 heteroatoms. The van der Waals surface area contributed by atoms with Crippen molar-refractivity contribution in [3.63, 3.8) is 0 Å². The molecule has 0 saturated heterocycles. The second kappa shape index (κ2) is 7.17. The number of ether oxygens (including phenoxy) is 1. The van der Waals surface area contributed by atoms with E-state index in [1.807, 2.05) is 6.07 Å². The van der Waals surface area contributed by atoms with Crippen molar-refractivity contribution in [2.24, 2.45) is 0 Å². The Morgan fingerprint density at radius 3 is 2.86 bits per heavy atom. The smallest absolute Gasteiger partial charge is 0.341 e. The molecule has 0 aliphatic heterocycles. The summed E-state index contributed by atoms with van der Waals surface area (Å²) in [5.74, 6) is 0.146. The number of aryl methyl sites for hydroxylation is 1. The molecular weight excluding hydrogens is 286 g/mol. The van der Waals surface area contributed by atoms with Gasteiger partial charge in [-0.3, -0.25) is 0 Å². The second-order valence-electron chi connectivity index (χ2n) is 4.53. The van der Waals surface area contributed by atoms with Gasteiger partial charge >= 0.3 is 5.97 Å². The van der Waals surface area contributed by atoms with E-state index in [0.717, 1.165) is 6.42 Å². The Morgan fingerprint density at radius 2 is 2.29 bits per heavy atom. The zero-order valence-corrected chi connectivity index (χ0v) is 13.2. The zero-order valence-electron chi connectivity index (χ0n) is 12.4. The Balaban J connectivity index is 2.14. The summed E-state index contributed by atoms with van der Waals surface area (Å²) in [7, 11) is 0. The van der Waals surface area contributed by atoms with Gasteiger partial charge in [-0.15, -0.1) is 11.3 Å². The largest absolute Gasteiger partial charge is 0.462 e. The summed E-state index contributed by atoms with van der Waals surface area (Å²) in [5.41, 5.74) is 1.03. The van der Waals surface area contributed by atoms with Crippen molar-refractivity contribution in [2.45, 2.75) is 33.2 Å². The predicted octanol–water partition coefficient (Wildman–Crippen LogP) is 3.59. The van der Waals surface area contributed by atoms with Gasteiger partial charge in [0, 0.05) is 11.1 Å². The third-order valence-corrected chi connectivity index (χ3v) is 4.06. The Labute approximate surface area is 128 Å². The third kappa shape index (κ3) is 3.78. The van der Waals surface area contributed by atoms with Crippen LogP contribution in [0, 0.1) is 6.92 Å². The minimum absolute atomic E-state index is 0.179. The fraction of sp³-hybridized carbons (Fsp3) is 0.400. The van der Waals surface area contributed by atoms with Gasteiger partial charge in [-0.05, 0) is 31.7 Å². The molecule has 0 aliphatic rings. The van der Waals surface area contributed by atoms with Crippen molar-refractivity contribution in [1.29, 1.82) is 0 Å². The molecule has 1 N–H and O–H groups in total. The molecule has 21 heavy (non-hydrogen) atoms. The van der Waals surface area contributed by atoms with E-state index in [-0.39, 0.29) is 12.0 Å². The maximum absolute atomic E-state index is 11.7. The SMILES string of the molecule is CCOC(=O)c1cnc(NC(CC)c2cccs2)nc1C. The van der Waals surface area contributed by atoms with Gasteiger partial charge < -0.3 is 10.1 Å². The number of thiophene rings is 1. The first-order chi connectivity index (χ1) is 10.2. The van der Waals surface area contributed by atoms with Gasteiger partial charge in [0.05, 0.1) is 23.9 Å². The van der Waals surface area contributed by atoms with Gasteiger partial charge in [0.1, 0.15) is 0 Å². The van der Waals surface area contributed by atoms with Crippen LogP contribution in [0.2, 0.25) is 0 Å². The molecule has 0 saturated carbocycles. The molecule has 1 atom stereocenters. The van der Waals surface area contributed by atoms with Crippen molar-refractivity contribution in [2.75, 3.05) is 11.9 Å². The number of carbonyl (C=O) groups excluding carboxylic acids is 1. The van der Waals surface area contributed by atoms with Crippen LogP contribution < -0.4 is 5.32 Å².